The normalized spacial score (nSPS) is 15.2. The number of aliphatic hydroxyl groups excluding tert-OH is 1. The Bertz CT molecular complexity index is 789. The van der Waals surface area contributed by atoms with E-state index in [2.05, 4.69) is 20.4 Å². The van der Waals surface area contributed by atoms with E-state index >= 15 is 0 Å². The van der Waals surface area contributed by atoms with Crippen molar-refractivity contribution in [1.82, 2.24) is 9.80 Å². The maximum absolute atomic E-state index is 12.6. The number of hydrogen-bond donors (Lipinski definition) is 3. The number of β-amino-alcohol motifs (C(OH)–C–C–N with tert-alkyl or cyclic N) is 1. The molecule has 28 heavy (non-hydrogen) atoms. The van der Waals surface area contributed by atoms with Gasteiger partial charge >= 0.3 is 0 Å². The number of piperazine rings is 1. The molecule has 0 aromatic heterocycles. The number of hydrogen-bond acceptors (Lipinski definition) is 5. The molecule has 0 atom stereocenters. The predicted molar refractivity (Wildman–Crippen MR) is 109 cm³/mol. The Balaban J connectivity index is 1.57. The average Bonchev–Trinajstić information content (AvgIpc) is 2.71. The third-order valence-electron chi connectivity index (χ3n) is 4.73. The minimum Gasteiger partial charge on any atom is -0.395 e. The molecule has 0 saturated carbocycles. The van der Waals surface area contributed by atoms with Crippen LogP contribution in [-0.4, -0.2) is 72.6 Å². The highest BCUT2D eigenvalue weighted by molar-refractivity contribution is 6.10. The van der Waals surface area contributed by atoms with Gasteiger partial charge in [0.15, 0.2) is 0 Å². The summed E-state index contributed by atoms with van der Waals surface area (Å²) in [5, 5.41) is 14.7. The third-order valence-corrected chi connectivity index (χ3v) is 4.73. The van der Waals surface area contributed by atoms with Gasteiger partial charge in [-0.3, -0.25) is 19.4 Å². The molecule has 148 valence electrons. The third kappa shape index (κ3) is 5.63. The van der Waals surface area contributed by atoms with Crippen molar-refractivity contribution in [3.05, 3.63) is 60.2 Å². The Morgan fingerprint density at radius 2 is 1.50 bits per heavy atom. The van der Waals surface area contributed by atoms with Crippen molar-refractivity contribution in [2.75, 3.05) is 56.5 Å². The van der Waals surface area contributed by atoms with E-state index in [4.69, 9.17) is 5.11 Å². The summed E-state index contributed by atoms with van der Waals surface area (Å²) in [5.41, 5.74) is 1.63. The van der Waals surface area contributed by atoms with E-state index in [1.807, 2.05) is 30.3 Å². The molecule has 7 nitrogen and oxygen atoms in total. The molecule has 1 fully saturated rings. The van der Waals surface area contributed by atoms with Crippen LogP contribution in [-0.2, 0) is 4.79 Å². The average molecular weight is 382 g/mol. The summed E-state index contributed by atoms with van der Waals surface area (Å²) in [6.07, 6.45) is 0. The number of nitrogens with one attached hydrogen (secondary N) is 2. The number of benzene rings is 2. The minimum absolute atomic E-state index is 0.143. The van der Waals surface area contributed by atoms with Crippen molar-refractivity contribution in [2.24, 2.45) is 0 Å². The monoisotopic (exact) mass is 382 g/mol. The molecule has 3 N–H and O–H groups in total. The molecule has 2 amide bonds. The molecular weight excluding hydrogens is 356 g/mol. The highest BCUT2D eigenvalue weighted by Gasteiger charge is 2.19. The highest BCUT2D eigenvalue weighted by atomic mass is 16.3. The zero-order valence-electron chi connectivity index (χ0n) is 15.8. The van der Waals surface area contributed by atoms with E-state index < -0.39 is 0 Å². The van der Waals surface area contributed by atoms with Gasteiger partial charge in [0.05, 0.1) is 24.4 Å². The van der Waals surface area contributed by atoms with Crippen LogP contribution in [0.3, 0.4) is 0 Å². The van der Waals surface area contributed by atoms with Crippen LogP contribution in [0.2, 0.25) is 0 Å². The molecule has 2 aromatic rings. The number of amides is 2. The first-order valence-electron chi connectivity index (χ1n) is 9.46. The molecule has 0 aliphatic carbocycles. The smallest absolute Gasteiger partial charge is 0.257 e. The maximum atomic E-state index is 12.6. The fraction of sp³-hybridized carbons (Fsp3) is 0.333. The maximum Gasteiger partial charge on any atom is 0.257 e. The van der Waals surface area contributed by atoms with Crippen LogP contribution in [0, 0.1) is 0 Å². The summed E-state index contributed by atoms with van der Waals surface area (Å²) in [6.45, 7) is 4.34. The first kappa shape index (κ1) is 20.0. The lowest BCUT2D eigenvalue weighted by Gasteiger charge is -2.33. The van der Waals surface area contributed by atoms with E-state index in [1.54, 1.807) is 24.3 Å². The number of carbonyl (C=O) groups excluding carboxylic acids is 2. The van der Waals surface area contributed by atoms with Crippen LogP contribution in [0.5, 0.6) is 0 Å². The molecule has 2 aromatic carbocycles. The van der Waals surface area contributed by atoms with Gasteiger partial charge in [0.1, 0.15) is 0 Å². The fourth-order valence-corrected chi connectivity index (χ4v) is 3.22. The van der Waals surface area contributed by atoms with Gasteiger partial charge in [-0.15, -0.1) is 0 Å². The second-order valence-corrected chi connectivity index (χ2v) is 6.76. The Kier molecular flexibility index (Phi) is 7.13. The molecule has 0 unspecified atom stereocenters. The molecule has 1 saturated heterocycles. The first-order valence-corrected chi connectivity index (χ1v) is 9.46. The van der Waals surface area contributed by atoms with Crippen molar-refractivity contribution in [2.45, 2.75) is 0 Å². The van der Waals surface area contributed by atoms with Gasteiger partial charge in [0.25, 0.3) is 5.91 Å². The summed E-state index contributed by atoms with van der Waals surface area (Å²) in [6, 6.07) is 16.2. The molecule has 0 spiro atoms. The molecule has 3 rings (SSSR count). The topological polar surface area (TPSA) is 84.9 Å². The lowest BCUT2D eigenvalue weighted by Crippen LogP contribution is -2.49. The largest absolute Gasteiger partial charge is 0.395 e. The number of para-hydroxylation sites is 2. The summed E-state index contributed by atoms with van der Waals surface area (Å²) in [7, 11) is 0. The fourth-order valence-electron chi connectivity index (χ4n) is 3.22. The van der Waals surface area contributed by atoms with Crippen LogP contribution < -0.4 is 10.6 Å². The molecule has 1 aliphatic rings. The molecule has 1 aliphatic heterocycles. The summed E-state index contributed by atoms with van der Waals surface area (Å²) in [4.78, 5) is 29.3. The lowest BCUT2D eigenvalue weighted by molar-refractivity contribution is -0.117. The summed E-state index contributed by atoms with van der Waals surface area (Å²) >= 11 is 0. The van der Waals surface area contributed by atoms with Crippen molar-refractivity contribution in [3.63, 3.8) is 0 Å². The van der Waals surface area contributed by atoms with Crippen molar-refractivity contribution in [3.8, 4) is 0 Å². The second kappa shape index (κ2) is 9.98. The highest BCUT2D eigenvalue weighted by Crippen LogP contribution is 2.17. The van der Waals surface area contributed by atoms with Gasteiger partial charge < -0.3 is 15.7 Å². The Hall–Kier alpha value is -2.74. The number of anilines is 2. The zero-order valence-corrected chi connectivity index (χ0v) is 15.8. The van der Waals surface area contributed by atoms with Crippen LogP contribution in [0.1, 0.15) is 10.4 Å². The van der Waals surface area contributed by atoms with Gasteiger partial charge in [-0.25, -0.2) is 0 Å². The zero-order chi connectivity index (χ0) is 19.8. The molecule has 1 heterocycles. The van der Waals surface area contributed by atoms with Gasteiger partial charge in [-0.05, 0) is 24.3 Å². The SMILES string of the molecule is O=C(CN1CCN(CCO)CC1)Nc1ccccc1C(=O)Nc1ccccc1. The van der Waals surface area contributed by atoms with E-state index in [-0.39, 0.29) is 25.0 Å². The molecule has 0 bridgehead atoms. The minimum atomic E-state index is -0.264. The van der Waals surface area contributed by atoms with Crippen LogP contribution in [0.4, 0.5) is 11.4 Å². The number of aliphatic hydroxyl groups is 1. The second-order valence-electron chi connectivity index (χ2n) is 6.76. The van der Waals surface area contributed by atoms with E-state index in [9.17, 15) is 9.59 Å². The Morgan fingerprint density at radius 3 is 2.21 bits per heavy atom. The van der Waals surface area contributed by atoms with Crippen LogP contribution >= 0.6 is 0 Å². The van der Waals surface area contributed by atoms with Gasteiger partial charge in [-0.2, -0.15) is 0 Å². The van der Waals surface area contributed by atoms with Gasteiger partial charge in [0, 0.05) is 38.4 Å². The first-order chi connectivity index (χ1) is 13.7. The number of nitrogens with zero attached hydrogens (tertiary/aromatic N) is 2. The Labute approximate surface area is 165 Å². The number of carbonyl (C=O) groups is 2. The van der Waals surface area contributed by atoms with Crippen LogP contribution in [0.15, 0.2) is 54.6 Å². The van der Waals surface area contributed by atoms with Gasteiger partial charge in [0.2, 0.25) is 5.91 Å². The molecule has 7 heteroatoms. The lowest BCUT2D eigenvalue weighted by atomic mass is 10.1. The quantitative estimate of drug-likeness (QED) is 0.676. The van der Waals surface area contributed by atoms with Crippen molar-refractivity contribution >= 4 is 23.2 Å². The summed E-state index contributed by atoms with van der Waals surface area (Å²) in [5.74, 6) is -0.407. The van der Waals surface area contributed by atoms with E-state index in [1.165, 1.54) is 0 Å². The molecular formula is C21H26N4O3. The van der Waals surface area contributed by atoms with Crippen molar-refractivity contribution < 1.29 is 14.7 Å². The van der Waals surface area contributed by atoms with Crippen LogP contribution in [0.25, 0.3) is 0 Å². The standard InChI is InChI=1S/C21H26N4O3/c26-15-14-24-10-12-25(13-11-24)16-20(27)23-19-9-5-4-8-18(19)21(28)22-17-6-2-1-3-7-17/h1-9,26H,10-16H2,(H,22,28)(H,23,27). The summed E-state index contributed by atoms with van der Waals surface area (Å²) < 4.78 is 0. The van der Waals surface area contributed by atoms with E-state index in [0.717, 1.165) is 26.2 Å². The van der Waals surface area contributed by atoms with Gasteiger partial charge in [-0.1, -0.05) is 30.3 Å². The van der Waals surface area contributed by atoms with E-state index in [0.29, 0.717) is 23.5 Å². The number of rotatable bonds is 7. The predicted octanol–water partition coefficient (Wildman–Crippen LogP) is 1.49. The van der Waals surface area contributed by atoms with Crippen molar-refractivity contribution in [1.29, 1.82) is 0 Å². The molecule has 0 radical (unpaired) electrons. The Morgan fingerprint density at radius 1 is 0.857 bits per heavy atom.